The second kappa shape index (κ2) is 61.2. The lowest BCUT2D eigenvalue weighted by atomic mass is 10.1. The summed E-state index contributed by atoms with van der Waals surface area (Å²) in [6, 6.07) is 0. The Balaban J connectivity index is 4.75. The number of esters is 3. The summed E-state index contributed by atoms with van der Waals surface area (Å²) in [4.78, 5) is 48.8. The molecule has 0 spiro atoms. The van der Waals surface area contributed by atoms with Crippen LogP contribution in [0, 0.1) is 0 Å². The molecular formula is C68H115O11P. The zero-order chi connectivity index (χ0) is 58.3. The molecular weight excluding hydrogens is 1020 g/mol. The van der Waals surface area contributed by atoms with Crippen molar-refractivity contribution in [2.45, 2.75) is 277 Å². The zero-order valence-electron chi connectivity index (χ0n) is 50.8. The van der Waals surface area contributed by atoms with E-state index >= 15 is 0 Å². The minimum Gasteiger partial charge on any atom is -0.462 e. The lowest BCUT2D eigenvalue weighted by molar-refractivity contribution is -0.161. The molecule has 0 amide bonds. The van der Waals surface area contributed by atoms with Crippen molar-refractivity contribution in [3.05, 3.63) is 109 Å². The van der Waals surface area contributed by atoms with E-state index in [1.54, 1.807) is 0 Å². The molecule has 0 aliphatic heterocycles. The van der Waals surface area contributed by atoms with Crippen LogP contribution in [-0.4, -0.2) is 66.5 Å². The van der Waals surface area contributed by atoms with E-state index in [4.69, 9.17) is 23.3 Å². The van der Waals surface area contributed by atoms with Crippen molar-refractivity contribution in [3.8, 4) is 0 Å². The van der Waals surface area contributed by atoms with Gasteiger partial charge >= 0.3 is 25.7 Å². The van der Waals surface area contributed by atoms with Gasteiger partial charge in [-0.05, 0) is 122 Å². The van der Waals surface area contributed by atoms with E-state index < -0.39 is 57.8 Å². The minimum atomic E-state index is -4.77. The maximum Gasteiger partial charge on any atom is 0.472 e. The standard InChI is InChI=1S/C68H115O11P/c1-4-7-10-13-16-19-22-25-28-31-32-35-36-39-42-45-48-51-54-57-66(70)75-61-65(79-68(72)59-56-53-50-47-44-41-38-34-30-27-24-21-18-15-12-9-6-3)63-77-80(73,74)76-62-64(60-69)78-67(71)58-55-52-49-46-43-40-37-33-29-26-23-20-17-14-11-8-5-2/h7,9-10,12,16-21,25-30,32,35,64-65,69H,4-6,8,11,13-15,22-24,31,33-34,36-63H2,1-3H3,(H,73,74)/b10-7-,12-9-,19-16-,20-17-,21-18-,28-25-,29-26-,30-27-,35-32-. The van der Waals surface area contributed by atoms with Gasteiger partial charge in [-0.25, -0.2) is 4.57 Å². The van der Waals surface area contributed by atoms with Crippen LogP contribution in [0.1, 0.15) is 265 Å². The summed E-state index contributed by atoms with van der Waals surface area (Å²) in [6.45, 7) is 4.38. The average Bonchev–Trinajstić information content (AvgIpc) is 3.45. The Kier molecular flexibility index (Phi) is 58.3. The smallest absolute Gasteiger partial charge is 0.462 e. The van der Waals surface area contributed by atoms with Gasteiger partial charge in [0, 0.05) is 19.3 Å². The van der Waals surface area contributed by atoms with Crippen molar-refractivity contribution in [2.24, 2.45) is 0 Å². The monoisotopic (exact) mass is 1140 g/mol. The molecule has 0 saturated heterocycles. The molecule has 0 bridgehead atoms. The summed E-state index contributed by atoms with van der Waals surface area (Å²) in [5.74, 6) is -1.50. The molecule has 0 saturated carbocycles. The molecule has 0 fully saturated rings. The van der Waals surface area contributed by atoms with E-state index in [0.29, 0.717) is 19.3 Å². The Morgan fingerprint density at radius 3 is 1.00 bits per heavy atom. The molecule has 2 N–H and O–H groups in total. The predicted octanol–water partition coefficient (Wildman–Crippen LogP) is 19.4. The first-order valence-electron chi connectivity index (χ1n) is 31.8. The highest BCUT2D eigenvalue weighted by Gasteiger charge is 2.28. The summed E-state index contributed by atoms with van der Waals surface area (Å²) in [5, 5.41) is 9.85. The highest BCUT2D eigenvalue weighted by atomic mass is 31.2. The Hall–Kier alpha value is -3.86. The third kappa shape index (κ3) is 58.8. The van der Waals surface area contributed by atoms with Crippen LogP contribution >= 0.6 is 7.82 Å². The third-order valence-corrected chi connectivity index (χ3v) is 14.1. The van der Waals surface area contributed by atoms with Crippen LogP contribution in [0.25, 0.3) is 0 Å². The molecule has 3 unspecified atom stereocenters. The number of hydrogen-bond acceptors (Lipinski definition) is 10. The fourth-order valence-corrected chi connectivity index (χ4v) is 9.18. The van der Waals surface area contributed by atoms with Gasteiger partial charge in [-0.3, -0.25) is 23.4 Å². The Morgan fingerprint density at radius 2 is 0.650 bits per heavy atom. The van der Waals surface area contributed by atoms with Gasteiger partial charge in [0.15, 0.2) is 6.10 Å². The molecule has 12 heteroatoms. The molecule has 3 atom stereocenters. The van der Waals surface area contributed by atoms with Crippen LogP contribution in [0.4, 0.5) is 0 Å². The maximum atomic E-state index is 13.0. The fraction of sp³-hybridized carbons (Fsp3) is 0.691. The van der Waals surface area contributed by atoms with Crippen LogP contribution in [0.3, 0.4) is 0 Å². The Bertz CT molecular complexity index is 1760. The first-order chi connectivity index (χ1) is 39.2. The molecule has 458 valence electrons. The summed E-state index contributed by atoms with van der Waals surface area (Å²) >= 11 is 0. The summed E-state index contributed by atoms with van der Waals surface area (Å²) < 4.78 is 39.7. The highest BCUT2D eigenvalue weighted by Crippen LogP contribution is 2.43. The lowest BCUT2D eigenvalue weighted by Gasteiger charge is -2.21. The first kappa shape index (κ1) is 76.1. The van der Waals surface area contributed by atoms with Crippen LogP contribution in [-0.2, 0) is 42.2 Å². The molecule has 11 nitrogen and oxygen atoms in total. The van der Waals surface area contributed by atoms with Crippen LogP contribution in [0.5, 0.6) is 0 Å². The number of carbonyl (C=O) groups excluding carboxylic acids is 3. The number of allylic oxidation sites excluding steroid dienone is 18. The summed E-state index contributed by atoms with van der Waals surface area (Å²) in [6.07, 6.45) is 74.6. The number of ether oxygens (including phenoxy) is 3. The quantitative estimate of drug-likeness (QED) is 0.0197. The van der Waals surface area contributed by atoms with Crippen LogP contribution in [0.2, 0.25) is 0 Å². The van der Waals surface area contributed by atoms with E-state index in [9.17, 15) is 28.9 Å². The van der Waals surface area contributed by atoms with Crippen molar-refractivity contribution in [1.82, 2.24) is 0 Å². The van der Waals surface area contributed by atoms with Crippen molar-refractivity contribution in [3.63, 3.8) is 0 Å². The number of phosphoric acid groups is 1. The SMILES string of the molecule is CC/C=C\C/C=C\C/C=C\C/C=C\CCCCCCCCC(=O)OCC(COP(=O)(O)OCC(CO)OC(=O)CCCCCCCCC/C=C\C/C=C\CCCCC)OC(=O)CCCCCCCCC/C=C\C/C=C\C/C=C\CC. The van der Waals surface area contributed by atoms with Crippen molar-refractivity contribution >= 4 is 25.7 Å². The summed E-state index contributed by atoms with van der Waals surface area (Å²) in [5.41, 5.74) is 0. The third-order valence-electron chi connectivity index (χ3n) is 13.2. The highest BCUT2D eigenvalue weighted by molar-refractivity contribution is 7.47. The van der Waals surface area contributed by atoms with E-state index in [2.05, 4.69) is 130 Å². The van der Waals surface area contributed by atoms with Gasteiger partial charge in [-0.15, -0.1) is 0 Å². The van der Waals surface area contributed by atoms with Gasteiger partial charge in [0.25, 0.3) is 0 Å². The molecule has 0 aromatic carbocycles. The maximum absolute atomic E-state index is 13.0. The van der Waals surface area contributed by atoms with Gasteiger partial charge < -0.3 is 24.2 Å². The topological polar surface area (TPSA) is 155 Å². The van der Waals surface area contributed by atoms with E-state index in [-0.39, 0.29) is 25.9 Å². The van der Waals surface area contributed by atoms with Crippen molar-refractivity contribution in [1.29, 1.82) is 0 Å². The normalized spacial score (nSPS) is 14.0. The second-order valence-corrected chi connectivity index (χ2v) is 22.3. The summed E-state index contributed by atoms with van der Waals surface area (Å²) in [7, 11) is -4.77. The molecule has 0 aliphatic carbocycles. The number of phosphoric ester groups is 1. The first-order valence-corrected chi connectivity index (χ1v) is 33.3. The Labute approximate surface area is 488 Å². The largest absolute Gasteiger partial charge is 0.472 e. The molecule has 0 aliphatic rings. The van der Waals surface area contributed by atoms with Gasteiger partial charge in [0.1, 0.15) is 12.7 Å². The predicted molar refractivity (Wildman–Crippen MR) is 334 cm³/mol. The number of aliphatic hydroxyl groups excluding tert-OH is 1. The lowest BCUT2D eigenvalue weighted by Crippen LogP contribution is -2.30. The minimum absolute atomic E-state index is 0.148. The number of rotatable bonds is 58. The van der Waals surface area contributed by atoms with Gasteiger partial charge in [0.05, 0.1) is 19.8 Å². The van der Waals surface area contributed by atoms with Crippen LogP contribution < -0.4 is 0 Å². The average molecular weight is 1140 g/mol. The van der Waals surface area contributed by atoms with Gasteiger partial charge in [-0.2, -0.15) is 0 Å². The number of hydrogen-bond donors (Lipinski definition) is 2. The Morgan fingerprint density at radius 1 is 0.362 bits per heavy atom. The number of unbranched alkanes of at least 4 members (excludes halogenated alkanes) is 23. The zero-order valence-corrected chi connectivity index (χ0v) is 51.7. The van der Waals surface area contributed by atoms with Gasteiger partial charge in [-0.1, -0.05) is 233 Å². The molecule has 0 radical (unpaired) electrons. The molecule has 0 rings (SSSR count). The molecule has 0 aromatic rings. The fourth-order valence-electron chi connectivity index (χ4n) is 8.39. The van der Waals surface area contributed by atoms with E-state index in [1.165, 1.54) is 44.9 Å². The number of aliphatic hydroxyl groups is 1. The molecule has 80 heavy (non-hydrogen) atoms. The van der Waals surface area contributed by atoms with Crippen molar-refractivity contribution in [2.75, 3.05) is 26.4 Å². The van der Waals surface area contributed by atoms with Gasteiger partial charge in [0.2, 0.25) is 0 Å². The number of carbonyl (C=O) groups is 3. The second-order valence-electron chi connectivity index (χ2n) is 20.8. The molecule has 0 aromatic heterocycles. The molecule has 0 heterocycles. The van der Waals surface area contributed by atoms with Crippen molar-refractivity contribution < 1.29 is 52.2 Å². The van der Waals surface area contributed by atoms with E-state index in [0.717, 1.165) is 161 Å². The van der Waals surface area contributed by atoms with Crippen LogP contribution in [0.15, 0.2) is 109 Å². The van der Waals surface area contributed by atoms with E-state index in [1.807, 2.05) is 0 Å².